The van der Waals surface area contributed by atoms with E-state index >= 15 is 0 Å². The summed E-state index contributed by atoms with van der Waals surface area (Å²) in [6.45, 7) is -0.974. The molecule has 0 bridgehead atoms. The van der Waals surface area contributed by atoms with Crippen LogP contribution in [0.15, 0.2) is 6.20 Å². The normalized spacial score (nSPS) is 16.7. The average Bonchev–Trinajstić information content (AvgIpc) is 2.48. The Morgan fingerprint density at radius 3 is 2.43 bits per heavy atom. The highest BCUT2D eigenvalue weighted by atomic mass is 19.4. The monoisotopic (exact) mass is 210 g/mol. The first kappa shape index (κ1) is 10.9. The van der Waals surface area contributed by atoms with Gasteiger partial charge in [-0.15, -0.1) is 5.10 Å². The van der Waals surface area contributed by atoms with Crippen LogP contribution in [-0.2, 0) is 12.6 Å². The lowest BCUT2D eigenvalue weighted by Crippen LogP contribution is -2.49. The summed E-state index contributed by atoms with van der Waals surface area (Å²) in [5.41, 5.74) is 1.34. The molecule has 0 aliphatic rings. The van der Waals surface area contributed by atoms with Crippen LogP contribution in [0.4, 0.5) is 13.2 Å². The third-order valence-corrected chi connectivity index (χ3v) is 1.90. The predicted molar refractivity (Wildman–Crippen MR) is 40.0 cm³/mol. The minimum atomic E-state index is -4.85. The molecule has 1 atom stereocenters. The molecule has 0 fully saturated rings. The van der Waals surface area contributed by atoms with Gasteiger partial charge in [-0.1, -0.05) is 5.21 Å². The van der Waals surface area contributed by atoms with Gasteiger partial charge in [0.2, 0.25) is 5.60 Å². The molecule has 0 radical (unpaired) electrons. The molecule has 8 heteroatoms. The maximum atomic E-state index is 12.4. The van der Waals surface area contributed by atoms with Crippen molar-refractivity contribution in [2.24, 2.45) is 12.8 Å². The molecule has 0 aliphatic heterocycles. The molecule has 1 aromatic heterocycles. The minimum absolute atomic E-state index is 0.479. The lowest BCUT2D eigenvalue weighted by Gasteiger charge is -2.28. The Bertz CT molecular complexity index is 323. The Morgan fingerprint density at radius 1 is 1.57 bits per heavy atom. The van der Waals surface area contributed by atoms with Gasteiger partial charge in [0, 0.05) is 13.6 Å². The highest BCUT2D eigenvalue weighted by Crippen LogP contribution is 2.37. The molecule has 0 aromatic carbocycles. The van der Waals surface area contributed by atoms with Crippen molar-refractivity contribution in [3.8, 4) is 0 Å². The molecular weight excluding hydrogens is 201 g/mol. The van der Waals surface area contributed by atoms with Gasteiger partial charge >= 0.3 is 6.18 Å². The second kappa shape index (κ2) is 3.21. The lowest BCUT2D eigenvalue weighted by molar-refractivity contribution is -0.264. The van der Waals surface area contributed by atoms with Gasteiger partial charge in [-0.3, -0.25) is 0 Å². The molecular formula is C6H9F3N4O. The van der Waals surface area contributed by atoms with Crippen molar-refractivity contribution in [1.29, 1.82) is 0 Å². The molecule has 80 valence electrons. The summed E-state index contributed by atoms with van der Waals surface area (Å²) >= 11 is 0. The van der Waals surface area contributed by atoms with E-state index in [1.54, 1.807) is 0 Å². The van der Waals surface area contributed by atoms with Crippen LogP contribution in [0.3, 0.4) is 0 Å². The van der Waals surface area contributed by atoms with Crippen LogP contribution in [-0.4, -0.2) is 32.8 Å². The number of rotatable bonds is 2. The largest absolute Gasteiger partial charge is 0.424 e. The van der Waals surface area contributed by atoms with Crippen LogP contribution < -0.4 is 5.73 Å². The van der Waals surface area contributed by atoms with Gasteiger partial charge in [-0.05, 0) is 0 Å². The summed E-state index contributed by atoms with van der Waals surface area (Å²) < 4.78 is 38.2. The summed E-state index contributed by atoms with van der Waals surface area (Å²) in [6.07, 6.45) is -4.02. The fraction of sp³-hybridized carbons (Fsp3) is 0.667. The SMILES string of the molecule is Cn1nncc1C(O)(CN)C(F)(F)F. The van der Waals surface area contributed by atoms with Crippen LogP contribution in [0.5, 0.6) is 0 Å². The van der Waals surface area contributed by atoms with E-state index < -0.39 is 24.0 Å². The fourth-order valence-corrected chi connectivity index (χ4v) is 1.03. The van der Waals surface area contributed by atoms with Crippen LogP contribution in [0, 0.1) is 0 Å². The number of nitrogens with two attached hydrogens (primary N) is 1. The van der Waals surface area contributed by atoms with Gasteiger partial charge in [-0.25, -0.2) is 4.68 Å². The first-order valence-corrected chi connectivity index (χ1v) is 3.67. The quantitative estimate of drug-likeness (QED) is 0.691. The molecule has 5 nitrogen and oxygen atoms in total. The van der Waals surface area contributed by atoms with E-state index in [1.165, 1.54) is 7.05 Å². The van der Waals surface area contributed by atoms with E-state index in [0.29, 0.717) is 0 Å². The third kappa shape index (κ3) is 1.46. The van der Waals surface area contributed by atoms with Gasteiger partial charge in [0.15, 0.2) is 0 Å². The summed E-state index contributed by atoms with van der Waals surface area (Å²) in [5.74, 6) is 0. The van der Waals surface area contributed by atoms with E-state index in [2.05, 4.69) is 10.3 Å². The molecule has 1 aromatic rings. The highest BCUT2D eigenvalue weighted by Gasteiger charge is 2.56. The second-order valence-electron chi connectivity index (χ2n) is 2.81. The smallest absolute Gasteiger partial charge is 0.374 e. The van der Waals surface area contributed by atoms with Crippen LogP contribution in [0.25, 0.3) is 0 Å². The van der Waals surface area contributed by atoms with Gasteiger partial charge in [0.05, 0.1) is 6.20 Å². The number of nitrogens with zero attached hydrogens (tertiary/aromatic N) is 3. The van der Waals surface area contributed by atoms with Gasteiger partial charge in [0.25, 0.3) is 0 Å². The number of hydrogen-bond donors (Lipinski definition) is 2. The zero-order valence-corrected chi connectivity index (χ0v) is 7.28. The molecule has 1 heterocycles. The van der Waals surface area contributed by atoms with E-state index in [0.717, 1.165) is 10.9 Å². The van der Waals surface area contributed by atoms with E-state index in [-0.39, 0.29) is 0 Å². The topological polar surface area (TPSA) is 77.0 Å². The van der Waals surface area contributed by atoms with Gasteiger partial charge in [0.1, 0.15) is 5.69 Å². The Morgan fingerprint density at radius 2 is 2.14 bits per heavy atom. The predicted octanol–water partition coefficient (Wildman–Crippen LogP) is -0.476. The Hall–Kier alpha value is -1.15. The zero-order chi connectivity index (χ0) is 11.0. The van der Waals surface area contributed by atoms with Crippen molar-refractivity contribution in [3.63, 3.8) is 0 Å². The summed E-state index contributed by atoms with van der Waals surface area (Å²) in [5, 5.41) is 15.9. The van der Waals surface area contributed by atoms with Crippen LogP contribution in [0.2, 0.25) is 0 Å². The first-order chi connectivity index (χ1) is 6.33. The average molecular weight is 210 g/mol. The maximum absolute atomic E-state index is 12.4. The zero-order valence-electron chi connectivity index (χ0n) is 7.28. The third-order valence-electron chi connectivity index (χ3n) is 1.90. The number of aliphatic hydroxyl groups is 1. The first-order valence-electron chi connectivity index (χ1n) is 3.67. The summed E-state index contributed by atoms with van der Waals surface area (Å²) in [4.78, 5) is 0. The van der Waals surface area contributed by atoms with Crippen molar-refractivity contribution in [1.82, 2.24) is 15.0 Å². The number of hydrogen-bond acceptors (Lipinski definition) is 4. The highest BCUT2D eigenvalue weighted by molar-refractivity contribution is 5.12. The summed E-state index contributed by atoms with van der Waals surface area (Å²) in [7, 11) is 1.24. The molecule has 1 rings (SSSR count). The van der Waals surface area contributed by atoms with Crippen molar-refractivity contribution < 1.29 is 18.3 Å². The maximum Gasteiger partial charge on any atom is 0.424 e. The van der Waals surface area contributed by atoms with E-state index in [1.807, 2.05) is 0 Å². The molecule has 0 saturated heterocycles. The minimum Gasteiger partial charge on any atom is -0.374 e. The van der Waals surface area contributed by atoms with Crippen molar-refractivity contribution in [3.05, 3.63) is 11.9 Å². The second-order valence-corrected chi connectivity index (χ2v) is 2.81. The number of halogens is 3. The van der Waals surface area contributed by atoms with Crippen molar-refractivity contribution in [2.75, 3.05) is 6.54 Å². The van der Waals surface area contributed by atoms with Gasteiger partial charge < -0.3 is 10.8 Å². The van der Waals surface area contributed by atoms with Crippen molar-refractivity contribution >= 4 is 0 Å². The number of aromatic nitrogens is 3. The number of alkyl halides is 3. The Balaban J connectivity index is 3.22. The molecule has 0 amide bonds. The molecule has 3 N–H and O–H groups in total. The van der Waals surface area contributed by atoms with Crippen LogP contribution in [0.1, 0.15) is 5.69 Å². The van der Waals surface area contributed by atoms with E-state index in [9.17, 15) is 18.3 Å². The molecule has 0 aliphatic carbocycles. The molecule has 1 unspecified atom stereocenters. The Labute approximate surface area is 77.3 Å². The number of aryl methyl sites for hydroxylation is 1. The Kier molecular flexibility index (Phi) is 2.50. The van der Waals surface area contributed by atoms with Crippen molar-refractivity contribution in [2.45, 2.75) is 11.8 Å². The molecule has 0 spiro atoms. The standard InChI is InChI=1S/C6H9F3N4O/c1-13-4(2-11-12-13)5(14,3-10)6(7,8)9/h2,14H,3,10H2,1H3. The lowest BCUT2D eigenvalue weighted by atomic mass is 10.00. The molecule has 0 saturated carbocycles. The summed E-state index contributed by atoms with van der Waals surface area (Å²) in [6, 6.07) is 0. The van der Waals surface area contributed by atoms with Crippen LogP contribution >= 0.6 is 0 Å². The van der Waals surface area contributed by atoms with E-state index in [4.69, 9.17) is 5.73 Å². The van der Waals surface area contributed by atoms with Gasteiger partial charge in [-0.2, -0.15) is 13.2 Å². The fourth-order valence-electron chi connectivity index (χ4n) is 1.03. The molecule has 14 heavy (non-hydrogen) atoms.